The van der Waals surface area contributed by atoms with Gasteiger partial charge < -0.3 is 24.8 Å². The number of hydrogen-bond acceptors (Lipinski definition) is 9. The summed E-state index contributed by atoms with van der Waals surface area (Å²) < 4.78 is 125. The van der Waals surface area contributed by atoms with Crippen LogP contribution in [0.5, 0.6) is 23.0 Å². The first kappa shape index (κ1) is 39.4. The molecule has 3 N–H and O–H groups in total. The minimum absolute atomic E-state index is 0.00153. The van der Waals surface area contributed by atoms with Crippen molar-refractivity contribution in [2.75, 3.05) is 12.9 Å². The van der Waals surface area contributed by atoms with E-state index in [2.05, 4.69) is 6.58 Å². The van der Waals surface area contributed by atoms with Crippen molar-refractivity contribution in [3.63, 3.8) is 0 Å². The summed E-state index contributed by atoms with van der Waals surface area (Å²) in [6.45, 7) is 3.30. The van der Waals surface area contributed by atoms with E-state index in [0.29, 0.717) is 23.0 Å². The quantitative estimate of drug-likeness (QED) is 0.157. The minimum Gasteiger partial charge on any atom is -0.457 e. The number of halogens is 7. The van der Waals surface area contributed by atoms with Crippen LogP contribution in [-0.4, -0.2) is 50.5 Å². The molecule has 0 radical (unpaired) electrons. The lowest BCUT2D eigenvalue weighted by Gasteiger charge is -2.18. The summed E-state index contributed by atoms with van der Waals surface area (Å²) in [5.41, 5.74) is -4.89. The Morgan fingerprint density at radius 1 is 0.788 bits per heavy atom. The number of hydrogen-bond donors (Lipinski definition) is 3. The van der Waals surface area contributed by atoms with Crippen molar-refractivity contribution < 1.29 is 63.6 Å². The highest BCUT2D eigenvalue weighted by molar-refractivity contribution is 7.92. The summed E-state index contributed by atoms with van der Waals surface area (Å²) in [5, 5.41) is 30.1. The van der Waals surface area contributed by atoms with E-state index >= 15 is 0 Å². The van der Waals surface area contributed by atoms with Crippen molar-refractivity contribution in [1.29, 1.82) is 0 Å². The Bertz CT molecular complexity index is 2260. The van der Waals surface area contributed by atoms with Gasteiger partial charge in [-0.2, -0.15) is 13.2 Å². The molecule has 4 aromatic rings. The predicted octanol–water partition coefficient (Wildman–Crippen LogP) is 8.20. The third kappa shape index (κ3) is 7.93. The molecule has 0 fully saturated rings. The van der Waals surface area contributed by atoms with Crippen LogP contribution in [0.4, 0.5) is 22.0 Å². The fourth-order valence-corrected chi connectivity index (χ4v) is 8.44. The van der Waals surface area contributed by atoms with E-state index in [9.17, 15) is 54.1 Å². The normalized spacial score (nSPS) is 18.4. The topological polar surface area (TPSA) is 147 Å². The first-order valence-electron chi connectivity index (χ1n) is 14.9. The minimum atomic E-state index is -5.75. The first-order valence-corrected chi connectivity index (χ1v) is 19.0. The lowest BCUT2D eigenvalue weighted by molar-refractivity contribution is -0.0437. The Morgan fingerprint density at radius 2 is 1.31 bits per heavy atom. The van der Waals surface area contributed by atoms with Gasteiger partial charge in [-0.3, -0.25) is 0 Å². The monoisotopic (exact) mass is 808 g/mol. The second-order valence-electron chi connectivity index (χ2n) is 11.8. The molecule has 0 spiro atoms. The molecular formula is C34H27Cl2F5O9S2. The average molecular weight is 810 g/mol. The molecule has 278 valence electrons. The number of rotatable bonds is 7. The number of aliphatic hydroxyl groups excluding tert-OH is 3. The maximum Gasteiger partial charge on any atom is 0.501 e. The van der Waals surface area contributed by atoms with Crippen LogP contribution in [0, 0.1) is 11.6 Å². The number of ether oxygens (including phenoxy) is 2. The van der Waals surface area contributed by atoms with Crippen LogP contribution >= 0.6 is 23.2 Å². The fourth-order valence-electron chi connectivity index (χ4n) is 6.03. The van der Waals surface area contributed by atoms with Gasteiger partial charge in [-0.05, 0) is 60.5 Å². The predicted molar refractivity (Wildman–Crippen MR) is 180 cm³/mol. The van der Waals surface area contributed by atoms with Crippen molar-refractivity contribution in [2.45, 2.75) is 46.3 Å². The Balaban J connectivity index is 0.000000203. The lowest BCUT2D eigenvalue weighted by atomic mass is 10.0. The van der Waals surface area contributed by atoms with E-state index in [1.807, 2.05) is 0 Å². The third-order valence-electron chi connectivity index (χ3n) is 8.09. The zero-order valence-electron chi connectivity index (χ0n) is 26.6. The van der Waals surface area contributed by atoms with Crippen LogP contribution < -0.4 is 9.47 Å². The van der Waals surface area contributed by atoms with E-state index in [-0.39, 0.29) is 56.2 Å². The van der Waals surface area contributed by atoms with Crippen LogP contribution in [0.25, 0.3) is 5.57 Å². The summed E-state index contributed by atoms with van der Waals surface area (Å²) >= 11 is 11.6. The third-order valence-corrected chi connectivity index (χ3v) is 11.2. The van der Waals surface area contributed by atoms with E-state index < -0.39 is 72.0 Å². The van der Waals surface area contributed by atoms with Gasteiger partial charge in [0.2, 0.25) is 0 Å². The fraction of sp³-hybridized carbons (Fsp3) is 0.235. The lowest BCUT2D eigenvalue weighted by Crippen LogP contribution is -2.25. The van der Waals surface area contributed by atoms with E-state index in [1.165, 1.54) is 24.3 Å². The van der Waals surface area contributed by atoms with Crippen LogP contribution in [0.3, 0.4) is 0 Å². The molecule has 52 heavy (non-hydrogen) atoms. The molecule has 18 heteroatoms. The molecule has 0 saturated carbocycles. The van der Waals surface area contributed by atoms with Crippen LogP contribution in [0.15, 0.2) is 77.0 Å². The Morgan fingerprint density at radius 3 is 1.81 bits per heavy atom. The van der Waals surface area contributed by atoms with Gasteiger partial charge in [0.05, 0.1) is 28.6 Å². The molecule has 0 aliphatic heterocycles. The van der Waals surface area contributed by atoms with Crippen LogP contribution in [0.1, 0.15) is 53.2 Å². The van der Waals surface area contributed by atoms with Gasteiger partial charge in [0.25, 0.3) is 9.84 Å². The Labute approximate surface area is 304 Å². The van der Waals surface area contributed by atoms with Gasteiger partial charge in [-0.1, -0.05) is 29.8 Å². The van der Waals surface area contributed by atoms with Crippen LogP contribution in [0.2, 0.25) is 10.0 Å². The maximum atomic E-state index is 13.5. The highest BCUT2D eigenvalue weighted by Crippen LogP contribution is 2.51. The highest BCUT2D eigenvalue weighted by atomic mass is 35.5. The summed E-state index contributed by atoms with van der Waals surface area (Å²) in [6, 6.07) is 11.5. The Kier molecular flexibility index (Phi) is 11.1. The molecule has 0 heterocycles. The molecule has 2 aliphatic carbocycles. The molecule has 9 nitrogen and oxygen atoms in total. The Hall–Kier alpha value is -3.77. The zero-order chi connectivity index (χ0) is 38.5. The second-order valence-corrected chi connectivity index (χ2v) is 16.6. The van der Waals surface area contributed by atoms with Crippen LogP contribution in [-0.2, 0) is 19.7 Å². The summed E-state index contributed by atoms with van der Waals surface area (Å²) in [7, 11) is -9.27. The van der Waals surface area contributed by atoms with E-state index in [0.717, 1.165) is 36.6 Å². The van der Waals surface area contributed by atoms with Crippen molar-refractivity contribution in [2.24, 2.45) is 0 Å². The molecule has 0 aromatic heterocycles. The number of sulfone groups is 2. The molecule has 4 aromatic carbocycles. The molecule has 3 atom stereocenters. The van der Waals surface area contributed by atoms with Gasteiger partial charge >= 0.3 is 5.51 Å². The van der Waals surface area contributed by atoms with Gasteiger partial charge in [-0.25, -0.2) is 25.6 Å². The number of alkyl halides is 3. The van der Waals surface area contributed by atoms with Crippen molar-refractivity contribution in [3.8, 4) is 23.0 Å². The molecule has 1 unspecified atom stereocenters. The number of aliphatic hydroxyl groups is 3. The molecule has 0 saturated heterocycles. The molecule has 0 amide bonds. The SMILES string of the molecule is C=C1CC(O)c2c(S(C)(=O)=O)ccc(Oc3cc(F)cc(Cl)c3)c21.O=S(=O)(c1ccc(Oc2cc(F)cc(Cl)c2)c2c1[C@H](O)C[C@@H]2CO)C(F)(F)F. The summed E-state index contributed by atoms with van der Waals surface area (Å²) in [6.07, 6.45) is -1.45. The molecule has 2 aliphatic rings. The van der Waals surface area contributed by atoms with Gasteiger partial charge in [0, 0.05) is 63.0 Å². The first-order chi connectivity index (χ1) is 24.1. The van der Waals surface area contributed by atoms with E-state index in [1.54, 1.807) is 0 Å². The van der Waals surface area contributed by atoms with Crippen molar-refractivity contribution >= 4 is 48.4 Å². The molecule has 0 bridgehead atoms. The van der Waals surface area contributed by atoms with Crippen molar-refractivity contribution in [3.05, 3.63) is 111 Å². The van der Waals surface area contributed by atoms with Gasteiger partial charge in [0.1, 0.15) is 34.6 Å². The standard InChI is InChI=1S/C17H13ClF4O5S.C17H14ClFO4S/c18-9-4-10(19)6-11(5-9)27-13-1-2-14(28(25,26)17(20,21)22)16-12(24)3-8(7-23)15(13)16;1-9-5-13(20)17-15(24(2,21)22)4-3-14(16(9)17)23-12-7-10(18)6-11(19)8-12/h1-2,4-6,8,12,23-24H,3,7H2;3-4,6-8,13,20H,1,5H2,2H3/t8-,12-;/m1./s1. The summed E-state index contributed by atoms with van der Waals surface area (Å²) in [4.78, 5) is -1.07. The molecule has 6 rings (SSSR count). The molecular weight excluding hydrogens is 782 g/mol. The zero-order valence-corrected chi connectivity index (χ0v) is 29.7. The maximum absolute atomic E-state index is 13.5. The average Bonchev–Trinajstić information content (AvgIpc) is 3.51. The van der Waals surface area contributed by atoms with E-state index in [4.69, 9.17) is 32.7 Å². The summed E-state index contributed by atoms with van der Waals surface area (Å²) in [5.74, 6) is -1.89. The highest BCUT2D eigenvalue weighted by Gasteiger charge is 2.50. The smallest absolute Gasteiger partial charge is 0.457 e. The van der Waals surface area contributed by atoms with Gasteiger partial charge in [0.15, 0.2) is 9.84 Å². The largest absolute Gasteiger partial charge is 0.501 e. The number of benzene rings is 4. The van der Waals surface area contributed by atoms with Gasteiger partial charge in [-0.15, -0.1) is 0 Å². The van der Waals surface area contributed by atoms with Crippen molar-refractivity contribution in [1.82, 2.24) is 0 Å². The second kappa shape index (κ2) is 14.6. The number of fused-ring (bicyclic) bond motifs is 2.